The molecular weight excluding hydrogens is 264 g/mol. The molecule has 1 amide bonds. The van der Waals surface area contributed by atoms with Crippen molar-refractivity contribution >= 4 is 11.7 Å². The van der Waals surface area contributed by atoms with Crippen LogP contribution in [0.1, 0.15) is 50.3 Å². The van der Waals surface area contributed by atoms with Crippen LogP contribution in [0.15, 0.2) is 6.33 Å². The number of carbonyl (C=O) groups excluding carboxylic acids is 1. The molecule has 21 heavy (non-hydrogen) atoms. The van der Waals surface area contributed by atoms with E-state index in [1.807, 2.05) is 4.90 Å². The molecule has 5 heteroatoms. The van der Waals surface area contributed by atoms with Gasteiger partial charge in [-0.05, 0) is 38.5 Å². The maximum Gasteiger partial charge on any atom is 0.222 e. The fourth-order valence-corrected chi connectivity index (χ4v) is 3.37. The zero-order valence-corrected chi connectivity index (χ0v) is 12.8. The summed E-state index contributed by atoms with van der Waals surface area (Å²) in [7, 11) is 0. The van der Waals surface area contributed by atoms with Crippen LogP contribution >= 0.6 is 0 Å². The van der Waals surface area contributed by atoms with Crippen molar-refractivity contribution < 1.29 is 4.79 Å². The van der Waals surface area contributed by atoms with E-state index < -0.39 is 0 Å². The molecule has 0 saturated carbocycles. The molecule has 2 aliphatic rings. The first kappa shape index (κ1) is 14.3. The van der Waals surface area contributed by atoms with Crippen molar-refractivity contribution in [2.45, 2.75) is 57.9 Å². The number of hydrogen-bond acceptors (Lipinski definition) is 4. The highest BCUT2D eigenvalue weighted by molar-refractivity contribution is 5.76. The van der Waals surface area contributed by atoms with Crippen LogP contribution in [-0.4, -0.2) is 39.9 Å². The van der Waals surface area contributed by atoms with Crippen LogP contribution in [0.4, 0.5) is 5.82 Å². The lowest BCUT2D eigenvalue weighted by Crippen LogP contribution is -2.45. The minimum absolute atomic E-state index is 0.289. The van der Waals surface area contributed by atoms with E-state index in [0.29, 0.717) is 12.5 Å². The number of nitrogens with zero attached hydrogens (tertiary/aromatic N) is 3. The van der Waals surface area contributed by atoms with E-state index in [2.05, 4.69) is 22.2 Å². The molecule has 2 heterocycles. The Kier molecular flexibility index (Phi) is 4.36. The SMILES string of the molecule is CCCC(=O)N1CCCC(Nc2ncnc3c2CCC3)C1. The Morgan fingerprint density at radius 2 is 2.29 bits per heavy atom. The Morgan fingerprint density at radius 3 is 3.14 bits per heavy atom. The molecule has 0 aromatic carbocycles. The van der Waals surface area contributed by atoms with Crippen LogP contribution in [0.2, 0.25) is 0 Å². The number of anilines is 1. The summed E-state index contributed by atoms with van der Waals surface area (Å²) in [5.41, 5.74) is 2.48. The molecule has 1 fully saturated rings. The molecule has 1 aromatic rings. The molecule has 1 atom stereocenters. The summed E-state index contributed by atoms with van der Waals surface area (Å²) in [6.45, 7) is 3.76. The molecule has 1 unspecified atom stereocenters. The summed E-state index contributed by atoms with van der Waals surface area (Å²) in [5, 5.41) is 3.56. The number of amides is 1. The smallest absolute Gasteiger partial charge is 0.222 e. The summed E-state index contributed by atoms with van der Waals surface area (Å²) in [6.07, 6.45) is 8.74. The predicted octanol–water partition coefficient (Wildman–Crippen LogP) is 2.17. The Morgan fingerprint density at radius 1 is 1.38 bits per heavy atom. The molecule has 1 aliphatic heterocycles. The number of fused-ring (bicyclic) bond motifs is 1. The molecule has 0 bridgehead atoms. The van der Waals surface area contributed by atoms with Gasteiger partial charge in [0.15, 0.2) is 0 Å². The molecule has 0 spiro atoms. The maximum atomic E-state index is 12.1. The third kappa shape index (κ3) is 3.17. The van der Waals surface area contributed by atoms with E-state index in [4.69, 9.17) is 0 Å². The van der Waals surface area contributed by atoms with Crippen molar-refractivity contribution in [3.05, 3.63) is 17.6 Å². The van der Waals surface area contributed by atoms with Gasteiger partial charge in [-0.25, -0.2) is 9.97 Å². The zero-order valence-electron chi connectivity index (χ0n) is 12.8. The van der Waals surface area contributed by atoms with Gasteiger partial charge in [0.25, 0.3) is 0 Å². The van der Waals surface area contributed by atoms with E-state index in [0.717, 1.165) is 51.0 Å². The van der Waals surface area contributed by atoms with Gasteiger partial charge in [-0.2, -0.15) is 0 Å². The van der Waals surface area contributed by atoms with Crippen LogP contribution in [0.3, 0.4) is 0 Å². The van der Waals surface area contributed by atoms with E-state index in [9.17, 15) is 4.79 Å². The van der Waals surface area contributed by atoms with E-state index in [1.54, 1.807) is 6.33 Å². The Bertz CT molecular complexity index is 517. The Balaban J connectivity index is 1.65. The Hall–Kier alpha value is -1.65. The van der Waals surface area contributed by atoms with Crippen LogP contribution in [0, 0.1) is 0 Å². The first-order valence-corrected chi connectivity index (χ1v) is 8.15. The quantitative estimate of drug-likeness (QED) is 0.922. The number of carbonyl (C=O) groups is 1. The molecule has 1 aromatic heterocycles. The fraction of sp³-hybridized carbons (Fsp3) is 0.688. The van der Waals surface area contributed by atoms with Gasteiger partial charge in [0.1, 0.15) is 12.1 Å². The summed E-state index contributed by atoms with van der Waals surface area (Å²) in [4.78, 5) is 22.9. The van der Waals surface area contributed by atoms with Gasteiger partial charge < -0.3 is 10.2 Å². The van der Waals surface area contributed by atoms with Crippen molar-refractivity contribution in [1.82, 2.24) is 14.9 Å². The molecular formula is C16H24N4O. The summed E-state index contributed by atoms with van der Waals surface area (Å²) in [6, 6.07) is 0.319. The van der Waals surface area contributed by atoms with Crippen molar-refractivity contribution in [2.24, 2.45) is 0 Å². The van der Waals surface area contributed by atoms with E-state index in [1.165, 1.54) is 17.7 Å². The van der Waals surface area contributed by atoms with Gasteiger partial charge in [0, 0.05) is 36.8 Å². The van der Waals surface area contributed by atoms with Crippen LogP contribution < -0.4 is 5.32 Å². The van der Waals surface area contributed by atoms with Crippen LogP contribution in [0.5, 0.6) is 0 Å². The molecule has 1 aliphatic carbocycles. The largest absolute Gasteiger partial charge is 0.365 e. The fourth-order valence-electron chi connectivity index (χ4n) is 3.37. The van der Waals surface area contributed by atoms with E-state index in [-0.39, 0.29) is 5.91 Å². The van der Waals surface area contributed by atoms with Crippen molar-refractivity contribution in [3.63, 3.8) is 0 Å². The minimum Gasteiger partial charge on any atom is -0.365 e. The summed E-state index contributed by atoms with van der Waals surface area (Å²) < 4.78 is 0. The second-order valence-electron chi connectivity index (χ2n) is 6.07. The van der Waals surface area contributed by atoms with Gasteiger partial charge >= 0.3 is 0 Å². The van der Waals surface area contributed by atoms with Gasteiger partial charge in [-0.1, -0.05) is 6.92 Å². The highest BCUT2D eigenvalue weighted by atomic mass is 16.2. The number of piperidine rings is 1. The summed E-state index contributed by atoms with van der Waals surface area (Å²) >= 11 is 0. The molecule has 0 radical (unpaired) electrons. The van der Waals surface area contributed by atoms with Crippen molar-refractivity contribution in [1.29, 1.82) is 0 Å². The zero-order chi connectivity index (χ0) is 14.7. The lowest BCUT2D eigenvalue weighted by Gasteiger charge is -2.33. The lowest BCUT2D eigenvalue weighted by molar-refractivity contribution is -0.132. The van der Waals surface area contributed by atoms with Crippen LogP contribution in [0.25, 0.3) is 0 Å². The number of aromatic nitrogens is 2. The van der Waals surface area contributed by atoms with Crippen LogP contribution in [-0.2, 0) is 17.6 Å². The number of hydrogen-bond donors (Lipinski definition) is 1. The first-order valence-electron chi connectivity index (χ1n) is 8.15. The predicted molar refractivity (Wildman–Crippen MR) is 82.2 cm³/mol. The first-order chi connectivity index (χ1) is 10.3. The number of likely N-dealkylation sites (tertiary alicyclic amines) is 1. The average Bonchev–Trinajstić information content (AvgIpc) is 2.97. The molecule has 1 saturated heterocycles. The minimum atomic E-state index is 0.289. The monoisotopic (exact) mass is 288 g/mol. The van der Waals surface area contributed by atoms with Gasteiger partial charge in [0.2, 0.25) is 5.91 Å². The lowest BCUT2D eigenvalue weighted by atomic mass is 10.0. The third-order valence-electron chi connectivity index (χ3n) is 4.45. The third-order valence-corrected chi connectivity index (χ3v) is 4.45. The number of rotatable bonds is 4. The second-order valence-corrected chi connectivity index (χ2v) is 6.07. The van der Waals surface area contributed by atoms with Gasteiger partial charge in [0.05, 0.1) is 0 Å². The van der Waals surface area contributed by atoms with Gasteiger partial charge in [-0.15, -0.1) is 0 Å². The second kappa shape index (κ2) is 6.41. The molecule has 114 valence electrons. The van der Waals surface area contributed by atoms with Crippen molar-refractivity contribution in [2.75, 3.05) is 18.4 Å². The number of nitrogens with one attached hydrogen (secondary N) is 1. The number of aryl methyl sites for hydroxylation is 1. The normalized spacial score (nSPS) is 21.2. The molecule has 1 N–H and O–H groups in total. The summed E-state index contributed by atoms with van der Waals surface area (Å²) in [5.74, 6) is 1.28. The van der Waals surface area contributed by atoms with Gasteiger partial charge in [-0.3, -0.25) is 4.79 Å². The average molecular weight is 288 g/mol. The molecule has 5 nitrogen and oxygen atoms in total. The maximum absolute atomic E-state index is 12.1. The Labute approximate surface area is 126 Å². The highest BCUT2D eigenvalue weighted by Crippen LogP contribution is 2.26. The topological polar surface area (TPSA) is 58.1 Å². The standard InChI is InChI=1S/C16H24N4O/c1-2-5-15(21)20-9-4-6-12(10-20)19-16-13-7-3-8-14(13)17-11-18-16/h11-12H,2-10H2,1H3,(H,17,18,19). The highest BCUT2D eigenvalue weighted by Gasteiger charge is 2.25. The molecule has 3 rings (SSSR count). The van der Waals surface area contributed by atoms with E-state index >= 15 is 0 Å². The van der Waals surface area contributed by atoms with Crippen molar-refractivity contribution in [3.8, 4) is 0 Å².